The molecule has 0 aromatic carbocycles. The van der Waals surface area contributed by atoms with Crippen molar-refractivity contribution >= 4 is 16.4 Å². The molecule has 1 rings (SSSR count). The summed E-state index contributed by atoms with van der Waals surface area (Å²) in [4.78, 5) is 12.9. The lowest BCUT2D eigenvalue weighted by Crippen LogP contribution is -2.60. The number of unbranched alkanes of at least 4 members (excludes halogenated alkanes) is 21. The molecule has 1 aliphatic heterocycles. The van der Waals surface area contributed by atoms with Crippen LogP contribution in [0, 0.1) is 0 Å². The number of esters is 1. The number of carbonyl (C=O) groups excluding carboxylic acids is 1. The number of carbonyl (C=O) groups is 1. The van der Waals surface area contributed by atoms with Crippen molar-refractivity contribution < 1.29 is 56.2 Å². The lowest BCUT2D eigenvalue weighted by atomic mass is 9.99. The quantitative estimate of drug-likeness (QED) is 0.0197. The number of aliphatic hydroxyl groups excluding tert-OH is 3. The molecule has 4 N–H and O–H groups in total. The monoisotopic (exact) mass is 941 g/mol. The van der Waals surface area contributed by atoms with Gasteiger partial charge in [0.1, 0.15) is 30.5 Å². The van der Waals surface area contributed by atoms with Gasteiger partial charge in [0, 0.05) is 13.0 Å². The first-order valence-corrected chi connectivity index (χ1v) is 26.9. The van der Waals surface area contributed by atoms with Gasteiger partial charge in [-0.25, -0.2) is 4.18 Å². The SMILES string of the molecule is CCCCCC/C=C\C/C=C\CCCCCCCCOCC(COC1OC(CO)C(O)C(OS(=O)(=O)O)C1O)OC(=O)CCCCCCCC/C=C\C/C=C\C/C=C\CCCCCCC. The molecule has 1 heterocycles. The summed E-state index contributed by atoms with van der Waals surface area (Å²) in [6.07, 6.45) is 45.3. The smallest absolute Gasteiger partial charge is 0.397 e. The fourth-order valence-electron chi connectivity index (χ4n) is 7.47. The molecule has 0 radical (unpaired) electrons. The fourth-order valence-corrected chi connectivity index (χ4v) is 7.98. The van der Waals surface area contributed by atoms with Crippen LogP contribution in [0.4, 0.5) is 0 Å². The molecule has 0 aliphatic carbocycles. The largest absolute Gasteiger partial charge is 0.457 e. The van der Waals surface area contributed by atoms with Gasteiger partial charge in [-0.15, -0.1) is 0 Å². The highest BCUT2D eigenvalue weighted by molar-refractivity contribution is 7.80. The zero-order valence-corrected chi connectivity index (χ0v) is 41.4. The molecule has 0 amide bonds. The van der Waals surface area contributed by atoms with E-state index >= 15 is 0 Å². The van der Waals surface area contributed by atoms with Gasteiger partial charge in [-0.3, -0.25) is 9.35 Å². The van der Waals surface area contributed by atoms with Crippen molar-refractivity contribution in [2.45, 2.75) is 237 Å². The molecule has 6 unspecified atom stereocenters. The van der Waals surface area contributed by atoms with E-state index in [2.05, 4.69) is 78.8 Å². The van der Waals surface area contributed by atoms with Crippen LogP contribution < -0.4 is 0 Å². The lowest BCUT2D eigenvalue weighted by molar-refractivity contribution is -0.301. The highest BCUT2D eigenvalue weighted by atomic mass is 32.3. The molecule has 13 heteroatoms. The second-order valence-electron chi connectivity index (χ2n) is 17.4. The molecule has 1 fully saturated rings. The van der Waals surface area contributed by atoms with E-state index < -0.39 is 59.8 Å². The average Bonchev–Trinajstić information content (AvgIpc) is 3.28. The van der Waals surface area contributed by atoms with Gasteiger partial charge in [0.05, 0.1) is 19.8 Å². The van der Waals surface area contributed by atoms with Crippen molar-refractivity contribution in [3.05, 3.63) is 60.8 Å². The van der Waals surface area contributed by atoms with Crippen molar-refractivity contribution in [1.29, 1.82) is 0 Å². The van der Waals surface area contributed by atoms with E-state index in [9.17, 15) is 33.1 Å². The molecule has 12 nitrogen and oxygen atoms in total. The van der Waals surface area contributed by atoms with E-state index in [-0.39, 0.29) is 19.6 Å². The summed E-state index contributed by atoms with van der Waals surface area (Å²) in [5, 5.41) is 30.7. The van der Waals surface area contributed by atoms with Gasteiger partial charge in [0.15, 0.2) is 6.29 Å². The van der Waals surface area contributed by atoms with E-state index in [0.29, 0.717) is 13.0 Å². The number of allylic oxidation sites excluding steroid dienone is 10. The summed E-state index contributed by atoms with van der Waals surface area (Å²) in [5.41, 5.74) is 0. The first kappa shape index (κ1) is 60.8. The third-order valence-electron chi connectivity index (χ3n) is 11.4. The predicted octanol–water partition coefficient (Wildman–Crippen LogP) is 11.7. The minimum absolute atomic E-state index is 0.0212. The lowest BCUT2D eigenvalue weighted by Gasteiger charge is -2.41. The Morgan fingerprint density at radius 1 is 0.585 bits per heavy atom. The number of hydrogen-bond donors (Lipinski definition) is 4. The van der Waals surface area contributed by atoms with Crippen LogP contribution in [-0.2, 0) is 38.3 Å². The molecule has 6 atom stereocenters. The van der Waals surface area contributed by atoms with Gasteiger partial charge in [-0.2, -0.15) is 8.42 Å². The van der Waals surface area contributed by atoms with Crippen LogP contribution in [0.25, 0.3) is 0 Å². The highest BCUT2D eigenvalue weighted by Gasteiger charge is 2.48. The van der Waals surface area contributed by atoms with E-state index in [1.165, 1.54) is 83.5 Å². The zero-order valence-electron chi connectivity index (χ0n) is 40.5. The number of rotatable bonds is 44. The van der Waals surface area contributed by atoms with Crippen molar-refractivity contribution in [2.24, 2.45) is 0 Å². The third-order valence-corrected chi connectivity index (χ3v) is 11.8. The topological polar surface area (TPSA) is 178 Å². The van der Waals surface area contributed by atoms with Crippen LogP contribution in [-0.4, -0.2) is 97.5 Å². The Labute approximate surface area is 395 Å². The normalized spacial score (nSPS) is 20.1. The summed E-state index contributed by atoms with van der Waals surface area (Å²) in [7, 11) is -5.07. The summed E-state index contributed by atoms with van der Waals surface area (Å²) in [5.74, 6) is -0.416. The summed E-state index contributed by atoms with van der Waals surface area (Å²) in [6.45, 7) is 3.93. The van der Waals surface area contributed by atoms with Crippen LogP contribution in [0.15, 0.2) is 60.8 Å². The molecule has 0 aromatic heterocycles. The second-order valence-corrected chi connectivity index (χ2v) is 18.4. The third kappa shape index (κ3) is 36.5. The molecular formula is C52H92O12S. The summed E-state index contributed by atoms with van der Waals surface area (Å²) < 4.78 is 59.2. The van der Waals surface area contributed by atoms with Crippen molar-refractivity contribution in [3.63, 3.8) is 0 Å². The minimum Gasteiger partial charge on any atom is -0.457 e. The standard InChI is InChI=1S/C52H92O12S/c1-3-5-7-9-11-13-15-17-19-21-22-23-24-25-27-29-31-33-35-37-39-41-48(54)62-46(45-61-52-50(56)51(64-65(57,58)59)49(55)47(43-53)63-52)44-60-42-40-38-36-34-32-30-28-26-20-18-16-14-12-10-8-6-4-2/h14-17,20-22,24-26,46-47,49-53,55-56H,3-13,18-19,23,27-45H2,1-2H3,(H,57,58,59)/b16-14-,17-15-,22-21-,25-24-,26-20-. The van der Waals surface area contributed by atoms with Gasteiger partial charge in [0.25, 0.3) is 0 Å². The van der Waals surface area contributed by atoms with Crippen molar-refractivity contribution in [3.8, 4) is 0 Å². The van der Waals surface area contributed by atoms with E-state index in [1.54, 1.807) is 0 Å². The van der Waals surface area contributed by atoms with Crippen LogP contribution in [0.1, 0.15) is 200 Å². The van der Waals surface area contributed by atoms with E-state index in [1.807, 2.05) is 0 Å². The van der Waals surface area contributed by atoms with Gasteiger partial charge in [-0.05, 0) is 83.5 Å². The van der Waals surface area contributed by atoms with Crippen LogP contribution in [0.5, 0.6) is 0 Å². The van der Waals surface area contributed by atoms with Crippen LogP contribution in [0.2, 0.25) is 0 Å². The van der Waals surface area contributed by atoms with Gasteiger partial charge in [-0.1, -0.05) is 171 Å². The van der Waals surface area contributed by atoms with E-state index in [4.69, 9.17) is 18.9 Å². The van der Waals surface area contributed by atoms with Gasteiger partial charge >= 0.3 is 16.4 Å². The van der Waals surface area contributed by atoms with Crippen molar-refractivity contribution in [2.75, 3.05) is 26.4 Å². The number of hydrogen-bond acceptors (Lipinski definition) is 11. The van der Waals surface area contributed by atoms with Crippen LogP contribution >= 0.6 is 0 Å². The Hall–Kier alpha value is -2.20. The maximum Gasteiger partial charge on any atom is 0.397 e. The van der Waals surface area contributed by atoms with Crippen LogP contribution in [0.3, 0.4) is 0 Å². The number of aliphatic hydroxyl groups is 3. The summed E-state index contributed by atoms with van der Waals surface area (Å²) in [6, 6.07) is 0. The Balaban J connectivity index is 2.40. The summed E-state index contributed by atoms with van der Waals surface area (Å²) >= 11 is 0. The zero-order chi connectivity index (χ0) is 47.5. The maximum atomic E-state index is 12.9. The Morgan fingerprint density at radius 3 is 1.49 bits per heavy atom. The average molecular weight is 941 g/mol. The minimum atomic E-state index is -5.07. The molecule has 0 saturated carbocycles. The Bertz CT molecular complexity index is 1360. The second kappa shape index (κ2) is 43.1. The predicted molar refractivity (Wildman–Crippen MR) is 262 cm³/mol. The molecule has 0 spiro atoms. The molecular weight excluding hydrogens is 849 g/mol. The van der Waals surface area contributed by atoms with Gasteiger partial charge in [0.2, 0.25) is 0 Å². The number of ether oxygens (including phenoxy) is 4. The fraction of sp³-hybridized carbons (Fsp3) is 0.788. The Morgan fingerprint density at radius 2 is 1.02 bits per heavy atom. The molecule has 1 saturated heterocycles. The molecule has 378 valence electrons. The molecule has 1 aliphatic rings. The molecule has 0 bridgehead atoms. The molecule has 65 heavy (non-hydrogen) atoms. The maximum absolute atomic E-state index is 12.9. The first-order chi connectivity index (χ1) is 31.6. The molecule has 0 aromatic rings. The van der Waals surface area contributed by atoms with Crippen molar-refractivity contribution in [1.82, 2.24) is 0 Å². The van der Waals surface area contributed by atoms with E-state index in [0.717, 1.165) is 89.9 Å². The first-order valence-electron chi connectivity index (χ1n) is 25.5. The highest BCUT2D eigenvalue weighted by Crippen LogP contribution is 2.26. The Kier molecular flexibility index (Phi) is 40.3. The van der Waals surface area contributed by atoms with Gasteiger partial charge < -0.3 is 34.3 Å².